The third-order valence-corrected chi connectivity index (χ3v) is 1.11. The third-order valence-electron chi connectivity index (χ3n) is 1.11. The fourth-order valence-corrected chi connectivity index (χ4v) is 0.573. The zero-order chi connectivity index (χ0) is 8.48. The zero-order valence-electron chi connectivity index (χ0n) is 5.80. The van der Waals surface area contributed by atoms with Crippen molar-refractivity contribution in [1.82, 2.24) is 4.98 Å². The molecule has 0 atom stereocenters. The molecule has 0 aromatic carbocycles. The molecule has 0 unspecified atom stereocenters. The first kappa shape index (κ1) is 11.2. The number of nitrogen functional groups attached to an aromatic ring is 1. The fourth-order valence-electron chi connectivity index (χ4n) is 0.573. The lowest BCUT2D eigenvalue weighted by Gasteiger charge is -2.04. The highest BCUT2D eigenvalue weighted by Crippen LogP contribution is 2.28. The highest BCUT2D eigenvalue weighted by molar-refractivity contribution is 8.93. The summed E-state index contributed by atoms with van der Waals surface area (Å²) < 4.78 is 35.5. The summed E-state index contributed by atoms with van der Waals surface area (Å²) in [4.78, 5) is 3.30. The second-order valence-electron chi connectivity index (χ2n) is 1.97. The van der Waals surface area contributed by atoms with E-state index in [9.17, 15) is 13.2 Å². The first-order chi connectivity index (χ1) is 5.00. The predicted octanol–water partition coefficient (Wildman–Crippen LogP) is 2.26. The van der Waals surface area contributed by atoms with Gasteiger partial charge in [0.15, 0.2) is 0 Å². The molecule has 1 heterocycles. The molecule has 0 aliphatic rings. The van der Waals surface area contributed by atoms with Gasteiger partial charge in [0.1, 0.15) is 5.82 Å². The van der Waals surface area contributed by atoms with Gasteiger partial charge in [0.2, 0.25) is 0 Å². The molecule has 0 aliphatic carbocycles. The maximum absolute atomic E-state index is 11.8. The highest BCUT2D eigenvalue weighted by Gasteiger charge is 2.30. The summed E-state index contributed by atoms with van der Waals surface area (Å²) in [5.74, 6) is 0.0815. The van der Waals surface area contributed by atoms with Crippen LogP contribution in [-0.2, 0) is 6.18 Å². The molecule has 0 aliphatic heterocycles. The van der Waals surface area contributed by atoms with Gasteiger partial charge in [-0.2, -0.15) is 13.2 Å². The van der Waals surface area contributed by atoms with Gasteiger partial charge in [-0.1, -0.05) is 0 Å². The van der Waals surface area contributed by atoms with Crippen LogP contribution < -0.4 is 5.73 Å². The lowest BCUT2D eigenvalue weighted by Crippen LogP contribution is -2.05. The number of hydrogen-bond acceptors (Lipinski definition) is 2. The lowest BCUT2D eigenvalue weighted by atomic mass is 10.3. The third kappa shape index (κ3) is 2.69. The van der Waals surface area contributed by atoms with Gasteiger partial charge in [-0.15, -0.1) is 17.0 Å². The van der Waals surface area contributed by atoms with Crippen LogP contribution in [0.25, 0.3) is 0 Å². The van der Waals surface area contributed by atoms with E-state index in [-0.39, 0.29) is 22.8 Å². The van der Waals surface area contributed by atoms with E-state index in [2.05, 4.69) is 4.98 Å². The van der Waals surface area contributed by atoms with E-state index in [0.29, 0.717) is 6.20 Å². The summed E-state index contributed by atoms with van der Waals surface area (Å²) in [7, 11) is 0. The van der Waals surface area contributed by atoms with Crippen molar-refractivity contribution in [2.45, 2.75) is 6.18 Å². The minimum atomic E-state index is -4.33. The van der Waals surface area contributed by atoms with E-state index in [0.717, 1.165) is 12.1 Å². The molecule has 0 radical (unpaired) electrons. The van der Waals surface area contributed by atoms with Gasteiger partial charge in [0, 0.05) is 6.20 Å². The molecule has 2 N–H and O–H groups in total. The number of aromatic nitrogens is 1. The topological polar surface area (TPSA) is 38.9 Å². The van der Waals surface area contributed by atoms with Crippen LogP contribution >= 0.6 is 17.0 Å². The van der Waals surface area contributed by atoms with E-state index >= 15 is 0 Å². The Kier molecular flexibility index (Phi) is 3.51. The van der Waals surface area contributed by atoms with Crippen LogP contribution in [0.2, 0.25) is 0 Å². The number of anilines is 1. The lowest BCUT2D eigenvalue weighted by molar-refractivity contribution is -0.137. The fraction of sp³-hybridized carbons (Fsp3) is 0.167. The molecule has 6 heteroatoms. The maximum Gasteiger partial charge on any atom is 0.417 e. The SMILES string of the molecule is Br.Nc1ccc(C(F)(F)F)cn1. The molecule has 0 spiro atoms. The molecule has 68 valence electrons. The average molecular weight is 243 g/mol. The van der Waals surface area contributed by atoms with Crippen LogP contribution in [0.4, 0.5) is 19.0 Å². The van der Waals surface area contributed by atoms with Crippen LogP contribution in [-0.4, -0.2) is 4.98 Å². The van der Waals surface area contributed by atoms with E-state index < -0.39 is 11.7 Å². The van der Waals surface area contributed by atoms with Crippen molar-refractivity contribution in [2.24, 2.45) is 0 Å². The van der Waals surface area contributed by atoms with Crippen LogP contribution in [0.15, 0.2) is 18.3 Å². The Morgan fingerprint density at radius 2 is 1.83 bits per heavy atom. The van der Waals surface area contributed by atoms with Gasteiger partial charge in [-0.3, -0.25) is 0 Å². The minimum absolute atomic E-state index is 0. The van der Waals surface area contributed by atoms with Crippen molar-refractivity contribution in [3.05, 3.63) is 23.9 Å². The molecule has 0 saturated carbocycles. The van der Waals surface area contributed by atoms with E-state index in [1.165, 1.54) is 0 Å². The molecule has 0 amide bonds. The maximum atomic E-state index is 11.8. The van der Waals surface area contributed by atoms with Crippen molar-refractivity contribution < 1.29 is 13.2 Å². The van der Waals surface area contributed by atoms with Crippen molar-refractivity contribution in [2.75, 3.05) is 5.73 Å². The average Bonchev–Trinajstić information content (AvgIpc) is 1.86. The highest BCUT2D eigenvalue weighted by atomic mass is 79.9. The normalized spacial score (nSPS) is 10.6. The van der Waals surface area contributed by atoms with Crippen molar-refractivity contribution in [1.29, 1.82) is 0 Å². The molecule has 0 saturated heterocycles. The molecule has 1 rings (SSSR count). The second-order valence-corrected chi connectivity index (χ2v) is 1.97. The molecule has 0 fully saturated rings. The minimum Gasteiger partial charge on any atom is -0.384 e. The van der Waals surface area contributed by atoms with Gasteiger partial charge in [-0.25, -0.2) is 4.98 Å². The standard InChI is InChI=1S/C6H5F3N2.BrH/c7-6(8,9)4-1-2-5(10)11-3-4;/h1-3H,(H2,10,11);1H. The van der Waals surface area contributed by atoms with Crippen molar-refractivity contribution >= 4 is 22.8 Å². The number of nitrogens with two attached hydrogens (primary N) is 1. The molecule has 1 aromatic rings. The number of halogens is 4. The Hall–Kier alpha value is -0.780. The smallest absolute Gasteiger partial charge is 0.384 e. The quantitative estimate of drug-likeness (QED) is 0.758. The Balaban J connectivity index is 0.00000121. The van der Waals surface area contributed by atoms with Crippen molar-refractivity contribution in [3.8, 4) is 0 Å². The molecular formula is C6H6BrF3N2. The first-order valence-electron chi connectivity index (χ1n) is 2.79. The summed E-state index contributed by atoms with van der Waals surface area (Å²) >= 11 is 0. The number of nitrogens with zero attached hydrogens (tertiary/aromatic N) is 1. The van der Waals surface area contributed by atoms with Crippen LogP contribution in [0.3, 0.4) is 0 Å². The number of pyridine rings is 1. The molecule has 0 bridgehead atoms. The Labute approximate surface area is 77.4 Å². The van der Waals surface area contributed by atoms with Gasteiger partial charge in [0.05, 0.1) is 5.56 Å². The van der Waals surface area contributed by atoms with Gasteiger partial charge in [-0.05, 0) is 12.1 Å². The number of rotatable bonds is 0. The van der Waals surface area contributed by atoms with Gasteiger partial charge < -0.3 is 5.73 Å². The molecular weight excluding hydrogens is 237 g/mol. The largest absolute Gasteiger partial charge is 0.417 e. The van der Waals surface area contributed by atoms with Crippen LogP contribution in [0, 0.1) is 0 Å². The van der Waals surface area contributed by atoms with Crippen LogP contribution in [0.1, 0.15) is 5.56 Å². The monoisotopic (exact) mass is 242 g/mol. The summed E-state index contributed by atoms with van der Waals surface area (Å²) in [6.45, 7) is 0. The Morgan fingerprint density at radius 1 is 1.25 bits per heavy atom. The van der Waals surface area contributed by atoms with E-state index in [1.807, 2.05) is 0 Å². The van der Waals surface area contributed by atoms with Crippen molar-refractivity contribution in [3.63, 3.8) is 0 Å². The molecule has 2 nitrogen and oxygen atoms in total. The number of alkyl halides is 3. The summed E-state index contributed by atoms with van der Waals surface area (Å²) in [6.07, 6.45) is -3.63. The molecule has 12 heavy (non-hydrogen) atoms. The van der Waals surface area contributed by atoms with Crippen LogP contribution in [0.5, 0.6) is 0 Å². The van der Waals surface area contributed by atoms with Gasteiger partial charge >= 0.3 is 6.18 Å². The van der Waals surface area contributed by atoms with E-state index in [4.69, 9.17) is 5.73 Å². The predicted molar refractivity (Wildman–Crippen MR) is 44.0 cm³/mol. The summed E-state index contributed by atoms with van der Waals surface area (Å²) in [6, 6.07) is 2.01. The Morgan fingerprint density at radius 3 is 2.17 bits per heavy atom. The van der Waals surface area contributed by atoms with Gasteiger partial charge in [0.25, 0.3) is 0 Å². The van der Waals surface area contributed by atoms with E-state index in [1.54, 1.807) is 0 Å². The second kappa shape index (κ2) is 3.75. The zero-order valence-corrected chi connectivity index (χ0v) is 7.51. The summed E-state index contributed by atoms with van der Waals surface area (Å²) in [5, 5.41) is 0. The number of hydrogen-bond donors (Lipinski definition) is 1. The summed E-state index contributed by atoms with van der Waals surface area (Å²) in [5.41, 5.74) is 4.31. The first-order valence-corrected chi connectivity index (χ1v) is 2.79. The Bertz CT molecular complexity index is 244. The molecule has 1 aromatic heterocycles.